The highest BCUT2D eigenvalue weighted by atomic mass is 127. The normalized spacial score (nSPS) is 11.4. The molecule has 0 aliphatic rings. The number of guanidine groups is 1. The molecule has 0 aliphatic heterocycles. The van der Waals surface area contributed by atoms with Crippen LogP contribution in [0.15, 0.2) is 64.5 Å². The molecule has 0 amide bonds. The summed E-state index contributed by atoms with van der Waals surface area (Å²) in [6.07, 6.45) is 0.816. The molecular weight excluding hydrogens is 479 g/mol. The molecule has 2 rings (SSSR count). The highest BCUT2D eigenvalue weighted by molar-refractivity contribution is 14.0. The van der Waals surface area contributed by atoms with E-state index in [1.807, 2.05) is 36.4 Å². The predicted octanol–water partition coefficient (Wildman–Crippen LogP) is 2.09. The van der Waals surface area contributed by atoms with Gasteiger partial charge in [-0.25, -0.2) is 13.6 Å². The molecule has 0 fully saturated rings. The molecule has 0 bridgehead atoms. The number of halogens is 1. The van der Waals surface area contributed by atoms with Crippen molar-refractivity contribution in [1.82, 2.24) is 10.6 Å². The summed E-state index contributed by atoms with van der Waals surface area (Å²) in [6, 6.07) is 16.2. The summed E-state index contributed by atoms with van der Waals surface area (Å²) in [5.41, 5.74) is 0.798. The van der Waals surface area contributed by atoms with Crippen LogP contribution in [0.5, 0.6) is 5.75 Å². The number of nitrogens with zero attached hydrogens (tertiary/aromatic N) is 1. The van der Waals surface area contributed by atoms with E-state index in [4.69, 9.17) is 9.88 Å². The van der Waals surface area contributed by atoms with Gasteiger partial charge in [0, 0.05) is 20.1 Å². The van der Waals surface area contributed by atoms with Gasteiger partial charge in [0.1, 0.15) is 5.75 Å². The summed E-state index contributed by atoms with van der Waals surface area (Å²) in [6.45, 7) is 1.73. The van der Waals surface area contributed by atoms with Crippen LogP contribution in [0.25, 0.3) is 0 Å². The second-order valence-corrected chi connectivity index (χ2v) is 7.12. The van der Waals surface area contributed by atoms with Crippen molar-refractivity contribution in [2.24, 2.45) is 10.1 Å². The van der Waals surface area contributed by atoms with Crippen LogP contribution >= 0.6 is 24.0 Å². The number of primary sulfonamides is 1. The Balaban J connectivity index is 0.00000364. The lowest BCUT2D eigenvalue weighted by atomic mass is 10.2. The van der Waals surface area contributed by atoms with Gasteiger partial charge in [0.05, 0.1) is 11.5 Å². The lowest BCUT2D eigenvalue weighted by Crippen LogP contribution is -2.37. The number of benzene rings is 2. The fourth-order valence-corrected chi connectivity index (χ4v) is 2.81. The molecule has 0 saturated heterocycles. The molecule has 2 aromatic carbocycles. The summed E-state index contributed by atoms with van der Waals surface area (Å²) in [4.78, 5) is 4.24. The third-order valence-corrected chi connectivity index (χ3v) is 4.45. The molecule has 0 spiro atoms. The standard InChI is InChI=1S/C18H24N4O3S.HI/c1-20-18(21-11-6-12-25-16-8-3-2-4-9-16)22-14-15-7-5-10-17(13-15)26(19,23)24;/h2-5,7-10,13H,6,11-12,14H2,1H3,(H2,19,23,24)(H2,20,21,22);1H. The zero-order chi connectivity index (χ0) is 18.8. The minimum atomic E-state index is -3.70. The Kier molecular flexibility index (Phi) is 10.1. The van der Waals surface area contributed by atoms with Gasteiger partial charge in [-0.2, -0.15) is 0 Å². The SMILES string of the molecule is CN=C(NCCCOc1ccccc1)NCc1cccc(S(N)(=O)=O)c1.I. The van der Waals surface area contributed by atoms with Gasteiger partial charge in [-0.15, -0.1) is 24.0 Å². The van der Waals surface area contributed by atoms with Crippen molar-refractivity contribution in [2.75, 3.05) is 20.2 Å². The Morgan fingerprint density at radius 3 is 2.52 bits per heavy atom. The molecule has 2 aromatic rings. The topological polar surface area (TPSA) is 106 Å². The van der Waals surface area contributed by atoms with E-state index in [2.05, 4.69) is 15.6 Å². The smallest absolute Gasteiger partial charge is 0.238 e. The first-order valence-electron chi connectivity index (χ1n) is 8.23. The molecule has 0 atom stereocenters. The van der Waals surface area contributed by atoms with Crippen molar-refractivity contribution in [1.29, 1.82) is 0 Å². The zero-order valence-corrected chi connectivity index (χ0v) is 18.2. The molecular formula is C18H25IN4O3S. The molecule has 0 aliphatic carbocycles. The second kappa shape index (κ2) is 11.8. The zero-order valence-electron chi connectivity index (χ0n) is 15.1. The third kappa shape index (κ3) is 8.59. The fraction of sp³-hybridized carbons (Fsp3) is 0.278. The Hall–Kier alpha value is -1.85. The summed E-state index contributed by atoms with van der Waals surface area (Å²) >= 11 is 0. The number of hydrogen-bond donors (Lipinski definition) is 3. The maximum Gasteiger partial charge on any atom is 0.238 e. The molecule has 9 heteroatoms. The molecule has 27 heavy (non-hydrogen) atoms. The minimum absolute atomic E-state index is 0. The van der Waals surface area contributed by atoms with Crippen molar-refractivity contribution in [2.45, 2.75) is 17.9 Å². The van der Waals surface area contributed by atoms with Crippen molar-refractivity contribution in [3.05, 3.63) is 60.2 Å². The number of hydrogen-bond acceptors (Lipinski definition) is 4. The average molecular weight is 504 g/mol. The van der Waals surface area contributed by atoms with Crippen LogP contribution in [0.4, 0.5) is 0 Å². The molecule has 0 saturated carbocycles. The molecule has 148 valence electrons. The Morgan fingerprint density at radius 1 is 1.11 bits per heavy atom. The minimum Gasteiger partial charge on any atom is -0.494 e. The molecule has 0 heterocycles. The van der Waals surface area contributed by atoms with E-state index in [-0.39, 0.29) is 28.9 Å². The van der Waals surface area contributed by atoms with Gasteiger partial charge in [0.2, 0.25) is 10.0 Å². The van der Waals surface area contributed by atoms with Gasteiger partial charge in [-0.1, -0.05) is 30.3 Å². The van der Waals surface area contributed by atoms with Gasteiger partial charge in [0.25, 0.3) is 0 Å². The van der Waals surface area contributed by atoms with Crippen LogP contribution in [-0.4, -0.2) is 34.6 Å². The van der Waals surface area contributed by atoms with Crippen LogP contribution in [0, 0.1) is 0 Å². The first kappa shape index (κ1) is 23.2. The maximum absolute atomic E-state index is 11.4. The molecule has 0 unspecified atom stereocenters. The van der Waals surface area contributed by atoms with Crippen molar-refractivity contribution >= 4 is 40.0 Å². The number of para-hydroxylation sites is 1. The first-order chi connectivity index (χ1) is 12.5. The third-order valence-electron chi connectivity index (χ3n) is 3.54. The number of aliphatic imine (C=N–C) groups is 1. The maximum atomic E-state index is 11.4. The number of nitrogens with one attached hydrogen (secondary N) is 2. The second-order valence-electron chi connectivity index (χ2n) is 5.56. The Labute approximate surface area is 177 Å². The van der Waals surface area contributed by atoms with E-state index in [1.54, 1.807) is 19.2 Å². The van der Waals surface area contributed by atoms with E-state index < -0.39 is 10.0 Å². The molecule has 7 nitrogen and oxygen atoms in total. The van der Waals surface area contributed by atoms with Crippen LogP contribution in [0.2, 0.25) is 0 Å². The summed E-state index contributed by atoms with van der Waals surface area (Å²) in [5.74, 6) is 1.48. The van der Waals surface area contributed by atoms with E-state index in [0.29, 0.717) is 25.7 Å². The Bertz CT molecular complexity index is 830. The van der Waals surface area contributed by atoms with Crippen LogP contribution in [-0.2, 0) is 16.6 Å². The van der Waals surface area contributed by atoms with E-state index in [9.17, 15) is 8.42 Å². The number of sulfonamides is 1. The van der Waals surface area contributed by atoms with Gasteiger partial charge in [-0.3, -0.25) is 4.99 Å². The molecule has 0 aromatic heterocycles. The average Bonchev–Trinajstić information content (AvgIpc) is 2.64. The largest absolute Gasteiger partial charge is 0.494 e. The van der Waals surface area contributed by atoms with Gasteiger partial charge >= 0.3 is 0 Å². The van der Waals surface area contributed by atoms with Crippen LogP contribution in [0.3, 0.4) is 0 Å². The van der Waals surface area contributed by atoms with Crippen LogP contribution < -0.4 is 20.5 Å². The summed E-state index contributed by atoms with van der Waals surface area (Å²) in [7, 11) is -2.02. The van der Waals surface area contributed by atoms with Gasteiger partial charge in [-0.05, 0) is 36.2 Å². The summed E-state index contributed by atoms with van der Waals surface area (Å²) < 4.78 is 28.4. The molecule has 4 N–H and O–H groups in total. The monoisotopic (exact) mass is 504 g/mol. The lowest BCUT2D eigenvalue weighted by Gasteiger charge is -2.12. The van der Waals surface area contributed by atoms with E-state index >= 15 is 0 Å². The van der Waals surface area contributed by atoms with Crippen molar-refractivity contribution < 1.29 is 13.2 Å². The highest BCUT2D eigenvalue weighted by Crippen LogP contribution is 2.09. The number of rotatable bonds is 8. The van der Waals surface area contributed by atoms with Crippen molar-refractivity contribution in [3.63, 3.8) is 0 Å². The van der Waals surface area contributed by atoms with Gasteiger partial charge < -0.3 is 15.4 Å². The fourth-order valence-electron chi connectivity index (χ4n) is 2.22. The number of ether oxygens (including phenoxy) is 1. The van der Waals surface area contributed by atoms with Crippen LogP contribution in [0.1, 0.15) is 12.0 Å². The highest BCUT2D eigenvalue weighted by Gasteiger charge is 2.08. The Morgan fingerprint density at radius 2 is 1.85 bits per heavy atom. The van der Waals surface area contributed by atoms with E-state index in [1.165, 1.54) is 6.07 Å². The summed E-state index contributed by atoms with van der Waals surface area (Å²) in [5, 5.41) is 11.5. The number of nitrogens with two attached hydrogens (primary N) is 1. The first-order valence-corrected chi connectivity index (χ1v) is 9.78. The van der Waals surface area contributed by atoms with Gasteiger partial charge in [0.15, 0.2) is 5.96 Å². The lowest BCUT2D eigenvalue weighted by molar-refractivity contribution is 0.311. The van der Waals surface area contributed by atoms with Crippen molar-refractivity contribution in [3.8, 4) is 5.75 Å². The molecule has 0 radical (unpaired) electrons. The quantitative estimate of drug-likeness (QED) is 0.221. The van der Waals surface area contributed by atoms with E-state index in [0.717, 1.165) is 17.7 Å². The predicted molar refractivity (Wildman–Crippen MR) is 118 cm³/mol.